The molecule has 2 unspecified atom stereocenters. The second-order valence-corrected chi connectivity index (χ2v) is 29.2. The molecule has 0 rings (SSSR count). The molecule has 6 nitrogen and oxygen atoms in total. The Hall–Kier alpha value is -1.66. The van der Waals surface area contributed by atoms with Gasteiger partial charge in [0.1, 0.15) is 0 Å². The predicted molar refractivity (Wildman–Crippen MR) is 403 cm³/mol. The molecule has 0 aliphatic rings. The summed E-state index contributed by atoms with van der Waals surface area (Å²) in [6, 6.07) is -0.540. The maximum Gasteiger partial charge on any atom is 0.305 e. The standard InChI is InChI=1S/C85H165NO5/c1-3-5-7-9-11-13-15-17-19-21-43-46-49-53-57-61-65-69-73-77-83(88)82(81-87)86-84(89)78-74-70-66-62-58-54-50-47-44-41-39-37-35-33-31-29-27-25-23-22-24-26-28-30-32-34-36-38-40-42-45-48-52-56-60-64-68-72-76-80-91-85(90)79-75-71-67-63-59-55-51-20-18-16-14-12-10-8-6-4-2/h22-23,26,28,82-83,87-88H,3-21,24-25,27,29-81H2,1-2H3,(H,86,89)/b23-22-,28-26-. The number of carbonyl (C=O) groups excluding carboxylic acids is 2. The molecule has 0 spiro atoms. The summed E-state index contributed by atoms with van der Waals surface area (Å²) in [5, 5.41) is 23.4. The molecule has 0 aromatic rings. The van der Waals surface area contributed by atoms with E-state index in [-0.39, 0.29) is 18.5 Å². The molecule has 0 aromatic heterocycles. The Labute approximate surface area is 571 Å². The SMILES string of the molecule is CCCCCCCCCCCCCCCCCCCCCC(O)C(CO)NC(=O)CCCCCCCCCCCCCCCCCCC/C=C\C/C=C\CCCCCCCCCCCCCCCCCOC(=O)CCCCCCCCCCCCCCCCCC. The number of hydrogen-bond donors (Lipinski definition) is 3. The second kappa shape index (κ2) is 80.8. The van der Waals surface area contributed by atoms with Crippen molar-refractivity contribution in [2.75, 3.05) is 13.2 Å². The number of unbranched alkanes of at least 4 members (excludes halogenated alkanes) is 65. The van der Waals surface area contributed by atoms with Gasteiger partial charge in [0.2, 0.25) is 5.91 Å². The lowest BCUT2D eigenvalue weighted by molar-refractivity contribution is -0.143. The molecule has 0 fully saturated rings. The van der Waals surface area contributed by atoms with Crippen molar-refractivity contribution in [1.29, 1.82) is 0 Å². The Kier molecular flexibility index (Phi) is 79.3. The van der Waals surface area contributed by atoms with Gasteiger partial charge in [0.15, 0.2) is 0 Å². The summed E-state index contributed by atoms with van der Waals surface area (Å²) < 4.78 is 5.51. The highest BCUT2D eigenvalue weighted by molar-refractivity contribution is 5.76. The minimum Gasteiger partial charge on any atom is -0.466 e. The number of esters is 1. The quantitative estimate of drug-likeness (QED) is 0.0320. The maximum absolute atomic E-state index is 12.6. The zero-order chi connectivity index (χ0) is 65.6. The van der Waals surface area contributed by atoms with Crippen LogP contribution in [0.1, 0.15) is 483 Å². The van der Waals surface area contributed by atoms with Crippen LogP contribution in [0, 0.1) is 0 Å². The molecule has 0 saturated heterocycles. The van der Waals surface area contributed by atoms with E-state index in [0.29, 0.717) is 25.9 Å². The summed E-state index contributed by atoms with van der Waals surface area (Å²) in [5.41, 5.74) is 0. The van der Waals surface area contributed by atoms with Crippen LogP contribution in [0.5, 0.6) is 0 Å². The lowest BCUT2D eigenvalue weighted by atomic mass is 10.0. The Morgan fingerprint density at radius 2 is 0.549 bits per heavy atom. The third kappa shape index (κ3) is 77.2. The largest absolute Gasteiger partial charge is 0.466 e. The monoisotopic (exact) mass is 1280 g/mol. The fourth-order valence-corrected chi connectivity index (χ4v) is 13.6. The van der Waals surface area contributed by atoms with Crippen molar-refractivity contribution in [3.05, 3.63) is 24.3 Å². The van der Waals surface area contributed by atoms with E-state index >= 15 is 0 Å². The molecule has 0 aliphatic heterocycles. The van der Waals surface area contributed by atoms with Gasteiger partial charge in [0.05, 0.1) is 25.4 Å². The molecule has 3 N–H and O–H groups in total. The Balaban J connectivity index is 3.34. The molecule has 0 bridgehead atoms. The van der Waals surface area contributed by atoms with Gasteiger partial charge in [-0.25, -0.2) is 0 Å². The summed E-state index contributed by atoms with van der Waals surface area (Å²) in [5.74, 6) is -0.00187. The fraction of sp³-hybridized carbons (Fsp3) is 0.929. The summed E-state index contributed by atoms with van der Waals surface area (Å²) in [6.45, 7) is 5.02. The molecule has 0 heterocycles. The van der Waals surface area contributed by atoms with Gasteiger partial charge < -0.3 is 20.3 Å². The van der Waals surface area contributed by atoms with Crippen LogP contribution < -0.4 is 5.32 Å². The minimum atomic E-state index is -0.663. The second-order valence-electron chi connectivity index (χ2n) is 29.2. The number of carbonyl (C=O) groups is 2. The van der Waals surface area contributed by atoms with Crippen LogP contribution in [0.15, 0.2) is 24.3 Å². The third-order valence-corrected chi connectivity index (χ3v) is 20.0. The highest BCUT2D eigenvalue weighted by Crippen LogP contribution is 2.21. The first kappa shape index (κ1) is 89.3. The number of ether oxygens (including phenoxy) is 1. The molecule has 1 amide bonds. The van der Waals surface area contributed by atoms with E-state index in [0.717, 1.165) is 44.9 Å². The van der Waals surface area contributed by atoms with Crippen LogP contribution in [-0.4, -0.2) is 47.4 Å². The van der Waals surface area contributed by atoms with E-state index in [1.807, 2.05) is 0 Å². The van der Waals surface area contributed by atoms with Gasteiger partial charge in [-0.1, -0.05) is 436 Å². The van der Waals surface area contributed by atoms with Gasteiger partial charge in [0, 0.05) is 12.8 Å². The first-order valence-corrected chi connectivity index (χ1v) is 42.1. The summed E-state index contributed by atoms with van der Waals surface area (Å²) in [7, 11) is 0. The topological polar surface area (TPSA) is 95.9 Å². The normalized spacial score (nSPS) is 12.5. The van der Waals surface area contributed by atoms with E-state index in [4.69, 9.17) is 4.74 Å². The van der Waals surface area contributed by atoms with Crippen LogP contribution in [-0.2, 0) is 14.3 Å². The number of amides is 1. The van der Waals surface area contributed by atoms with E-state index in [1.165, 1.54) is 405 Å². The number of rotatable bonds is 80. The van der Waals surface area contributed by atoms with E-state index in [9.17, 15) is 19.8 Å². The van der Waals surface area contributed by atoms with Crippen molar-refractivity contribution in [3.8, 4) is 0 Å². The van der Waals surface area contributed by atoms with Crippen molar-refractivity contribution in [1.82, 2.24) is 5.32 Å². The molecular weight excluding hydrogens is 1110 g/mol. The molecule has 0 saturated carbocycles. The van der Waals surface area contributed by atoms with Crippen molar-refractivity contribution in [2.45, 2.75) is 495 Å². The van der Waals surface area contributed by atoms with Crippen LogP contribution >= 0.6 is 0 Å². The highest BCUT2D eigenvalue weighted by atomic mass is 16.5. The Morgan fingerprint density at radius 3 is 0.835 bits per heavy atom. The number of hydrogen-bond acceptors (Lipinski definition) is 5. The van der Waals surface area contributed by atoms with Crippen molar-refractivity contribution in [2.24, 2.45) is 0 Å². The van der Waals surface area contributed by atoms with Crippen LogP contribution in [0.25, 0.3) is 0 Å². The molecule has 0 radical (unpaired) electrons. The molecule has 6 heteroatoms. The molecule has 2 atom stereocenters. The van der Waals surface area contributed by atoms with Crippen molar-refractivity contribution in [3.63, 3.8) is 0 Å². The molecule has 0 aliphatic carbocycles. The van der Waals surface area contributed by atoms with E-state index in [2.05, 4.69) is 43.5 Å². The lowest BCUT2D eigenvalue weighted by Gasteiger charge is -2.22. The first-order valence-electron chi connectivity index (χ1n) is 42.1. The Morgan fingerprint density at radius 1 is 0.308 bits per heavy atom. The number of nitrogens with one attached hydrogen (secondary N) is 1. The lowest BCUT2D eigenvalue weighted by Crippen LogP contribution is -2.45. The van der Waals surface area contributed by atoms with Gasteiger partial charge in [-0.2, -0.15) is 0 Å². The predicted octanol–water partition coefficient (Wildman–Crippen LogP) is 28.0. The van der Waals surface area contributed by atoms with Gasteiger partial charge in [0.25, 0.3) is 0 Å². The summed E-state index contributed by atoms with van der Waals surface area (Å²) >= 11 is 0. The summed E-state index contributed by atoms with van der Waals surface area (Å²) in [4.78, 5) is 24.7. The zero-order valence-corrected chi connectivity index (χ0v) is 62.1. The summed E-state index contributed by atoms with van der Waals surface area (Å²) in [6.07, 6.45) is 104. The molecule has 91 heavy (non-hydrogen) atoms. The molecule has 540 valence electrons. The number of aliphatic hydroxyl groups is 2. The number of allylic oxidation sites excluding steroid dienone is 4. The average Bonchev–Trinajstić information content (AvgIpc) is 3.58. The average molecular weight is 1280 g/mol. The fourth-order valence-electron chi connectivity index (χ4n) is 13.6. The van der Waals surface area contributed by atoms with Crippen LogP contribution in [0.2, 0.25) is 0 Å². The maximum atomic E-state index is 12.6. The zero-order valence-electron chi connectivity index (χ0n) is 62.1. The molecular formula is C85H165NO5. The van der Waals surface area contributed by atoms with Gasteiger partial charge >= 0.3 is 5.97 Å². The molecule has 0 aromatic carbocycles. The minimum absolute atomic E-state index is 0.0249. The Bertz CT molecular complexity index is 1430. The van der Waals surface area contributed by atoms with Gasteiger partial charge in [-0.05, 0) is 57.8 Å². The van der Waals surface area contributed by atoms with Gasteiger partial charge in [-0.3, -0.25) is 9.59 Å². The van der Waals surface area contributed by atoms with E-state index < -0.39 is 12.1 Å². The van der Waals surface area contributed by atoms with Crippen LogP contribution in [0.4, 0.5) is 0 Å². The highest BCUT2D eigenvalue weighted by Gasteiger charge is 2.20. The first-order chi connectivity index (χ1) is 45.0. The van der Waals surface area contributed by atoms with E-state index in [1.54, 1.807) is 0 Å². The van der Waals surface area contributed by atoms with Crippen molar-refractivity contribution < 1.29 is 24.5 Å². The van der Waals surface area contributed by atoms with Crippen LogP contribution in [0.3, 0.4) is 0 Å². The van der Waals surface area contributed by atoms with Crippen molar-refractivity contribution >= 4 is 11.9 Å². The third-order valence-electron chi connectivity index (χ3n) is 20.0. The number of aliphatic hydroxyl groups excluding tert-OH is 2. The van der Waals surface area contributed by atoms with Gasteiger partial charge in [-0.15, -0.1) is 0 Å². The smallest absolute Gasteiger partial charge is 0.305 e.